The lowest BCUT2D eigenvalue weighted by Crippen LogP contribution is -2.35. The zero-order chi connectivity index (χ0) is 17.6. The predicted octanol–water partition coefficient (Wildman–Crippen LogP) is 2.74. The lowest BCUT2D eigenvalue weighted by molar-refractivity contribution is -0.150. The Morgan fingerprint density at radius 2 is 2.16 bits per heavy atom. The first-order valence-corrected chi connectivity index (χ1v) is 8.63. The summed E-state index contributed by atoms with van der Waals surface area (Å²) >= 11 is 1.54. The summed E-state index contributed by atoms with van der Waals surface area (Å²) in [6.07, 6.45) is 2.08. The highest BCUT2D eigenvalue weighted by Crippen LogP contribution is 2.32. The van der Waals surface area contributed by atoms with E-state index in [0.717, 1.165) is 11.1 Å². The Kier molecular flexibility index (Phi) is 5.35. The number of ether oxygens (including phenoxy) is 3. The molecule has 1 aromatic heterocycles. The Morgan fingerprint density at radius 1 is 1.32 bits per heavy atom. The number of hydrogen-bond donors (Lipinski definition) is 1. The van der Waals surface area contributed by atoms with Gasteiger partial charge in [-0.25, -0.2) is 4.79 Å². The van der Waals surface area contributed by atoms with E-state index in [-0.39, 0.29) is 12.7 Å². The molecule has 130 valence electrons. The van der Waals surface area contributed by atoms with Crippen molar-refractivity contribution in [1.29, 1.82) is 0 Å². The molecule has 0 saturated heterocycles. The number of carbonyl (C=O) groups excluding carboxylic acids is 2. The van der Waals surface area contributed by atoms with Gasteiger partial charge in [-0.1, -0.05) is 6.07 Å². The molecule has 1 N–H and O–H groups in total. The van der Waals surface area contributed by atoms with Gasteiger partial charge in [0.1, 0.15) is 0 Å². The van der Waals surface area contributed by atoms with Crippen LogP contribution < -0.4 is 14.8 Å². The Morgan fingerprint density at radius 3 is 2.96 bits per heavy atom. The molecule has 3 rings (SSSR count). The first kappa shape index (κ1) is 17.0. The molecule has 1 aliphatic heterocycles. The van der Waals surface area contributed by atoms with Crippen molar-refractivity contribution in [2.75, 3.05) is 6.79 Å². The van der Waals surface area contributed by atoms with Gasteiger partial charge in [0.2, 0.25) is 6.79 Å². The number of thiophene rings is 1. The summed E-state index contributed by atoms with van der Waals surface area (Å²) in [5.41, 5.74) is 1.79. The zero-order valence-corrected chi connectivity index (χ0v) is 14.4. The van der Waals surface area contributed by atoms with Crippen molar-refractivity contribution < 1.29 is 23.8 Å². The van der Waals surface area contributed by atoms with Crippen molar-refractivity contribution in [2.24, 2.45) is 0 Å². The van der Waals surface area contributed by atoms with Gasteiger partial charge in [-0.05, 0) is 53.1 Å². The van der Waals surface area contributed by atoms with Gasteiger partial charge in [0.05, 0.1) is 0 Å². The highest BCUT2D eigenvalue weighted by molar-refractivity contribution is 7.08. The van der Waals surface area contributed by atoms with Crippen LogP contribution in [0.5, 0.6) is 11.5 Å². The van der Waals surface area contributed by atoms with E-state index in [1.165, 1.54) is 24.3 Å². The van der Waals surface area contributed by atoms with Crippen LogP contribution >= 0.6 is 11.3 Å². The molecule has 0 aliphatic carbocycles. The van der Waals surface area contributed by atoms with Gasteiger partial charge in [0.15, 0.2) is 17.6 Å². The average molecular weight is 359 g/mol. The molecule has 6 nitrogen and oxygen atoms in total. The molecular weight excluding hydrogens is 342 g/mol. The number of nitrogens with one attached hydrogen (secondary N) is 1. The average Bonchev–Trinajstić information content (AvgIpc) is 3.28. The van der Waals surface area contributed by atoms with Gasteiger partial charge in [0, 0.05) is 12.6 Å². The molecule has 7 heteroatoms. The van der Waals surface area contributed by atoms with Crippen LogP contribution in [0.3, 0.4) is 0 Å². The summed E-state index contributed by atoms with van der Waals surface area (Å²) in [7, 11) is 0. The second-order valence-electron chi connectivity index (χ2n) is 5.37. The summed E-state index contributed by atoms with van der Waals surface area (Å²) in [6.45, 7) is 2.05. The quantitative estimate of drug-likeness (QED) is 0.634. The standard InChI is InChI=1S/C18H17NO5S/c1-12(24-17(20)5-3-13-6-7-25-10-13)18(21)19-9-14-2-4-15-16(8-14)23-11-22-15/h2-8,10,12H,9,11H2,1H3,(H,19,21)/b5-3+/t12-/m0/s1. The smallest absolute Gasteiger partial charge is 0.331 e. The fraction of sp³-hybridized carbons (Fsp3) is 0.222. The molecule has 2 heterocycles. The van der Waals surface area contributed by atoms with Crippen LogP contribution in [-0.4, -0.2) is 24.8 Å². The molecule has 1 amide bonds. The Hall–Kier alpha value is -2.80. The molecule has 1 atom stereocenters. The monoisotopic (exact) mass is 359 g/mol. The second kappa shape index (κ2) is 7.85. The van der Waals surface area contributed by atoms with Crippen LogP contribution in [0.2, 0.25) is 0 Å². The van der Waals surface area contributed by atoms with Crippen LogP contribution in [0.15, 0.2) is 41.1 Å². The van der Waals surface area contributed by atoms with E-state index in [4.69, 9.17) is 14.2 Å². The largest absolute Gasteiger partial charge is 0.454 e. The molecule has 1 aliphatic rings. The summed E-state index contributed by atoms with van der Waals surface area (Å²) in [5.74, 6) is 0.423. The minimum atomic E-state index is -0.881. The summed E-state index contributed by atoms with van der Waals surface area (Å²) in [4.78, 5) is 23.8. The molecule has 25 heavy (non-hydrogen) atoms. The third-order valence-corrected chi connectivity index (χ3v) is 4.22. The van der Waals surface area contributed by atoms with Crippen LogP contribution in [0, 0.1) is 0 Å². The number of amides is 1. The maximum absolute atomic E-state index is 12.1. The third-order valence-electron chi connectivity index (χ3n) is 3.52. The zero-order valence-electron chi connectivity index (χ0n) is 13.6. The lowest BCUT2D eigenvalue weighted by atomic mass is 10.2. The molecule has 0 bridgehead atoms. The Balaban J connectivity index is 1.46. The Labute approximate surface area is 149 Å². The highest BCUT2D eigenvalue weighted by Gasteiger charge is 2.17. The van der Waals surface area contributed by atoms with E-state index < -0.39 is 12.1 Å². The lowest BCUT2D eigenvalue weighted by Gasteiger charge is -2.12. The number of rotatable bonds is 6. The van der Waals surface area contributed by atoms with Crippen LogP contribution in [-0.2, 0) is 20.9 Å². The van der Waals surface area contributed by atoms with Gasteiger partial charge in [-0.2, -0.15) is 11.3 Å². The van der Waals surface area contributed by atoms with Crippen molar-refractivity contribution in [1.82, 2.24) is 5.32 Å². The molecule has 0 saturated carbocycles. The third kappa shape index (κ3) is 4.60. The molecule has 0 radical (unpaired) electrons. The van der Waals surface area contributed by atoms with Crippen LogP contribution in [0.25, 0.3) is 6.08 Å². The van der Waals surface area contributed by atoms with Crippen molar-refractivity contribution in [3.8, 4) is 11.5 Å². The van der Waals surface area contributed by atoms with Gasteiger partial charge in [-0.3, -0.25) is 4.79 Å². The fourth-order valence-electron chi connectivity index (χ4n) is 2.18. The first-order valence-electron chi connectivity index (χ1n) is 7.69. The summed E-state index contributed by atoms with van der Waals surface area (Å²) < 4.78 is 15.6. The highest BCUT2D eigenvalue weighted by atomic mass is 32.1. The Bertz CT molecular complexity index is 785. The summed E-state index contributed by atoms with van der Waals surface area (Å²) in [5, 5.41) is 6.55. The first-order chi connectivity index (χ1) is 12.1. The number of fused-ring (bicyclic) bond motifs is 1. The van der Waals surface area contributed by atoms with E-state index in [1.54, 1.807) is 12.1 Å². The molecule has 0 spiro atoms. The molecular formula is C18H17NO5S. The van der Waals surface area contributed by atoms with Gasteiger partial charge in [-0.15, -0.1) is 0 Å². The SMILES string of the molecule is C[C@H](OC(=O)/C=C/c1ccsc1)C(=O)NCc1ccc2c(c1)OCO2. The number of hydrogen-bond acceptors (Lipinski definition) is 6. The van der Waals surface area contributed by atoms with Crippen LogP contribution in [0.4, 0.5) is 0 Å². The van der Waals surface area contributed by atoms with E-state index in [2.05, 4.69) is 5.32 Å². The maximum atomic E-state index is 12.1. The van der Waals surface area contributed by atoms with E-state index >= 15 is 0 Å². The van der Waals surface area contributed by atoms with Crippen molar-refractivity contribution in [3.63, 3.8) is 0 Å². The summed E-state index contributed by atoms with van der Waals surface area (Å²) in [6, 6.07) is 7.33. The molecule has 0 unspecified atom stereocenters. The second-order valence-corrected chi connectivity index (χ2v) is 6.15. The molecule has 0 fully saturated rings. The van der Waals surface area contributed by atoms with Gasteiger partial charge in [0.25, 0.3) is 5.91 Å². The normalized spacial score (nSPS) is 13.6. The molecule has 2 aromatic rings. The minimum Gasteiger partial charge on any atom is -0.454 e. The van der Waals surface area contributed by atoms with E-state index in [1.807, 2.05) is 29.0 Å². The van der Waals surface area contributed by atoms with E-state index in [0.29, 0.717) is 18.0 Å². The van der Waals surface area contributed by atoms with Gasteiger partial charge < -0.3 is 19.5 Å². The maximum Gasteiger partial charge on any atom is 0.331 e. The fourth-order valence-corrected chi connectivity index (χ4v) is 2.81. The van der Waals surface area contributed by atoms with Crippen molar-refractivity contribution in [2.45, 2.75) is 19.6 Å². The van der Waals surface area contributed by atoms with Gasteiger partial charge >= 0.3 is 5.97 Å². The van der Waals surface area contributed by atoms with E-state index in [9.17, 15) is 9.59 Å². The topological polar surface area (TPSA) is 73.9 Å². The number of carbonyl (C=O) groups is 2. The van der Waals surface area contributed by atoms with Crippen molar-refractivity contribution in [3.05, 3.63) is 52.2 Å². The minimum absolute atomic E-state index is 0.205. The van der Waals surface area contributed by atoms with Crippen LogP contribution in [0.1, 0.15) is 18.1 Å². The molecule has 1 aromatic carbocycles. The number of benzene rings is 1. The van der Waals surface area contributed by atoms with Crippen molar-refractivity contribution >= 4 is 29.3 Å². The predicted molar refractivity (Wildman–Crippen MR) is 93.3 cm³/mol. The number of esters is 1.